The number of benzene rings is 2. The van der Waals surface area contributed by atoms with Crippen molar-refractivity contribution in [2.24, 2.45) is 0 Å². The molecule has 0 radical (unpaired) electrons. The molecular weight excluding hydrogens is 348 g/mol. The Morgan fingerprint density at radius 1 is 1.10 bits per heavy atom. The maximum atomic E-state index is 12.6. The third-order valence-electron chi connectivity index (χ3n) is 3.37. The zero-order valence-electron chi connectivity index (χ0n) is 12.2. The molecule has 0 spiro atoms. The minimum absolute atomic E-state index is 0.0965. The van der Waals surface area contributed by atoms with Crippen molar-refractivity contribution in [3.8, 4) is 0 Å². The van der Waals surface area contributed by atoms with Crippen LogP contribution in [0.5, 0.6) is 0 Å². The molecule has 2 nitrogen and oxygen atoms in total. The molecule has 2 aromatic carbocycles. The summed E-state index contributed by atoms with van der Waals surface area (Å²) in [6.07, 6.45) is 0. The van der Waals surface area contributed by atoms with Crippen molar-refractivity contribution in [2.45, 2.75) is 30.9 Å². The Bertz CT molecular complexity index is 692. The topological polar surface area (TPSA) is 34.1 Å². The van der Waals surface area contributed by atoms with Gasteiger partial charge in [0, 0.05) is 14.9 Å². The fraction of sp³-hybridized carbons (Fsp3) is 0.235. The largest absolute Gasteiger partial charge is 0.293 e. The van der Waals surface area contributed by atoms with E-state index in [9.17, 15) is 9.00 Å². The second-order valence-electron chi connectivity index (χ2n) is 5.08. The highest BCUT2D eigenvalue weighted by molar-refractivity contribution is 9.10. The molecule has 2 atom stereocenters. The Morgan fingerprint density at radius 2 is 1.71 bits per heavy atom. The lowest BCUT2D eigenvalue weighted by Gasteiger charge is -2.13. The van der Waals surface area contributed by atoms with Crippen LogP contribution >= 0.6 is 15.9 Å². The number of rotatable bonds is 4. The van der Waals surface area contributed by atoms with Crippen LogP contribution in [0.25, 0.3) is 0 Å². The Balaban J connectivity index is 2.26. The number of carbonyl (C=O) groups is 1. The van der Waals surface area contributed by atoms with Gasteiger partial charge in [-0.05, 0) is 44.5 Å². The number of hydrogen-bond acceptors (Lipinski definition) is 2. The highest BCUT2D eigenvalue weighted by atomic mass is 79.9. The van der Waals surface area contributed by atoms with E-state index >= 15 is 0 Å². The van der Waals surface area contributed by atoms with Crippen LogP contribution in [-0.4, -0.2) is 15.2 Å². The van der Waals surface area contributed by atoms with Crippen LogP contribution in [0.15, 0.2) is 51.8 Å². The zero-order valence-corrected chi connectivity index (χ0v) is 14.6. The van der Waals surface area contributed by atoms with Crippen LogP contribution in [0, 0.1) is 13.8 Å². The van der Waals surface area contributed by atoms with Gasteiger partial charge in [0.25, 0.3) is 0 Å². The van der Waals surface area contributed by atoms with Gasteiger partial charge in [0.05, 0.1) is 16.0 Å². The summed E-state index contributed by atoms with van der Waals surface area (Å²) in [5.74, 6) is -0.0965. The third-order valence-corrected chi connectivity index (χ3v) is 5.64. The van der Waals surface area contributed by atoms with Gasteiger partial charge in [-0.25, -0.2) is 0 Å². The summed E-state index contributed by atoms with van der Waals surface area (Å²) >= 11 is 3.34. The second kappa shape index (κ2) is 6.67. The van der Waals surface area contributed by atoms with Crippen molar-refractivity contribution in [3.05, 3.63) is 63.6 Å². The fourth-order valence-electron chi connectivity index (χ4n) is 2.16. The lowest BCUT2D eigenvalue weighted by molar-refractivity contribution is 0.0992. The Morgan fingerprint density at radius 3 is 2.29 bits per heavy atom. The first kappa shape index (κ1) is 16.1. The maximum absolute atomic E-state index is 12.6. The molecule has 0 fully saturated rings. The van der Waals surface area contributed by atoms with E-state index in [0.717, 1.165) is 20.5 Å². The molecule has 0 aliphatic heterocycles. The predicted octanol–water partition coefficient (Wildman–Crippen LogP) is 4.44. The second-order valence-corrected chi connectivity index (χ2v) is 7.74. The van der Waals surface area contributed by atoms with Crippen LogP contribution in [0.4, 0.5) is 0 Å². The monoisotopic (exact) mass is 364 g/mol. The standard InChI is InChI=1S/C17H17BrO2S/c1-11-4-9-16(12(2)10-11)21(20)13(3)17(19)14-5-7-15(18)8-6-14/h4-10,13H,1-3H3. The van der Waals surface area contributed by atoms with Gasteiger partial charge in [-0.1, -0.05) is 45.8 Å². The summed E-state index contributed by atoms with van der Waals surface area (Å²) in [7, 11) is -1.35. The molecule has 0 amide bonds. The first-order valence-electron chi connectivity index (χ1n) is 6.68. The van der Waals surface area contributed by atoms with Gasteiger partial charge in [-0.15, -0.1) is 0 Å². The summed E-state index contributed by atoms with van der Waals surface area (Å²) in [5.41, 5.74) is 2.67. The molecule has 4 heteroatoms. The number of aryl methyl sites for hydroxylation is 2. The summed E-state index contributed by atoms with van der Waals surface area (Å²) in [4.78, 5) is 13.2. The molecule has 0 saturated carbocycles. The zero-order chi connectivity index (χ0) is 15.6. The van der Waals surface area contributed by atoms with Gasteiger partial charge < -0.3 is 0 Å². The number of halogens is 1. The SMILES string of the molecule is Cc1ccc(S(=O)C(C)C(=O)c2ccc(Br)cc2)c(C)c1. The molecule has 2 aromatic rings. The minimum Gasteiger partial charge on any atom is -0.293 e. The van der Waals surface area contributed by atoms with Gasteiger partial charge in [-0.3, -0.25) is 9.00 Å². The quantitative estimate of drug-likeness (QED) is 0.751. The smallest absolute Gasteiger partial charge is 0.178 e. The molecule has 2 unspecified atom stereocenters. The van der Waals surface area contributed by atoms with E-state index in [1.165, 1.54) is 0 Å². The summed E-state index contributed by atoms with van der Waals surface area (Å²) < 4.78 is 13.6. The van der Waals surface area contributed by atoms with E-state index < -0.39 is 16.0 Å². The van der Waals surface area contributed by atoms with E-state index in [-0.39, 0.29) is 5.78 Å². The number of Topliss-reactive ketones (excluding diaryl/α,β-unsaturated/α-hetero) is 1. The normalized spacial score (nSPS) is 13.7. The molecule has 0 aliphatic carbocycles. The van der Waals surface area contributed by atoms with E-state index in [4.69, 9.17) is 0 Å². The summed E-state index contributed by atoms with van der Waals surface area (Å²) in [5, 5.41) is -0.562. The van der Waals surface area contributed by atoms with E-state index in [1.807, 2.05) is 44.2 Å². The first-order valence-corrected chi connectivity index (χ1v) is 8.68. The van der Waals surface area contributed by atoms with Crippen molar-refractivity contribution >= 4 is 32.5 Å². The summed E-state index contributed by atoms with van der Waals surface area (Å²) in [6, 6.07) is 12.9. The summed E-state index contributed by atoms with van der Waals surface area (Å²) in [6.45, 7) is 5.65. The molecule has 0 heterocycles. The highest BCUT2D eigenvalue weighted by Crippen LogP contribution is 2.21. The Hall–Kier alpha value is -1.26. The molecule has 0 aromatic heterocycles. The number of carbonyl (C=O) groups excluding carboxylic acids is 1. The van der Waals surface area contributed by atoms with Gasteiger partial charge in [-0.2, -0.15) is 0 Å². The molecule has 0 bridgehead atoms. The molecule has 0 saturated heterocycles. The van der Waals surface area contributed by atoms with Crippen LogP contribution < -0.4 is 0 Å². The van der Waals surface area contributed by atoms with Crippen molar-refractivity contribution in [1.29, 1.82) is 0 Å². The highest BCUT2D eigenvalue weighted by Gasteiger charge is 2.23. The minimum atomic E-state index is -1.35. The van der Waals surface area contributed by atoms with Crippen molar-refractivity contribution < 1.29 is 9.00 Å². The molecular formula is C17H17BrO2S. The molecule has 0 aliphatic rings. The predicted molar refractivity (Wildman–Crippen MR) is 90.3 cm³/mol. The Labute approximate surface area is 136 Å². The molecule has 21 heavy (non-hydrogen) atoms. The average Bonchev–Trinajstić information content (AvgIpc) is 2.46. The van der Waals surface area contributed by atoms with Gasteiger partial charge in [0.1, 0.15) is 0 Å². The van der Waals surface area contributed by atoms with Crippen LogP contribution in [0.3, 0.4) is 0 Å². The van der Waals surface area contributed by atoms with Gasteiger partial charge in [0.2, 0.25) is 0 Å². The van der Waals surface area contributed by atoms with E-state index in [1.54, 1.807) is 19.1 Å². The average molecular weight is 365 g/mol. The lowest BCUT2D eigenvalue weighted by atomic mass is 10.1. The lowest BCUT2D eigenvalue weighted by Crippen LogP contribution is -2.23. The van der Waals surface area contributed by atoms with Crippen LogP contribution in [0.2, 0.25) is 0 Å². The van der Waals surface area contributed by atoms with E-state index in [0.29, 0.717) is 5.56 Å². The Kier molecular flexibility index (Phi) is 5.12. The van der Waals surface area contributed by atoms with Crippen molar-refractivity contribution in [2.75, 3.05) is 0 Å². The first-order chi connectivity index (χ1) is 9.90. The van der Waals surface area contributed by atoms with Crippen molar-refractivity contribution in [1.82, 2.24) is 0 Å². The van der Waals surface area contributed by atoms with Crippen LogP contribution in [-0.2, 0) is 10.8 Å². The van der Waals surface area contributed by atoms with E-state index in [2.05, 4.69) is 15.9 Å². The molecule has 0 N–H and O–H groups in total. The van der Waals surface area contributed by atoms with Gasteiger partial charge in [0.15, 0.2) is 5.78 Å². The van der Waals surface area contributed by atoms with Crippen LogP contribution in [0.1, 0.15) is 28.4 Å². The van der Waals surface area contributed by atoms with Crippen molar-refractivity contribution in [3.63, 3.8) is 0 Å². The maximum Gasteiger partial charge on any atom is 0.178 e. The number of hydrogen-bond donors (Lipinski definition) is 0. The molecule has 2 rings (SSSR count). The third kappa shape index (κ3) is 3.69. The fourth-order valence-corrected chi connectivity index (χ4v) is 3.72. The number of ketones is 1. The molecule has 110 valence electrons. The van der Waals surface area contributed by atoms with Gasteiger partial charge >= 0.3 is 0 Å².